The quantitative estimate of drug-likeness (QED) is 0.702. The van der Waals surface area contributed by atoms with E-state index in [4.69, 9.17) is 15.2 Å². The van der Waals surface area contributed by atoms with Crippen LogP contribution in [0.2, 0.25) is 0 Å². The lowest BCUT2D eigenvalue weighted by atomic mass is 9.48. The summed E-state index contributed by atoms with van der Waals surface area (Å²) in [4.78, 5) is 12.5. The molecule has 5 nitrogen and oxygen atoms in total. The van der Waals surface area contributed by atoms with Gasteiger partial charge in [0.1, 0.15) is 5.54 Å². The van der Waals surface area contributed by atoms with Crippen LogP contribution in [0.3, 0.4) is 0 Å². The number of nitrogens with one attached hydrogen (secondary N) is 1. The highest BCUT2D eigenvalue weighted by Gasteiger charge is 2.71. The third-order valence-electron chi connectivity index (χ3n) is 5.41. The third-order valence-corrected chi connectivity index (χ3v) is 5.41. The van der Waals surface area contributed by atoms with E-state index in [9.17, 15) is 4.79 Å². The summed E-state index contributed by atoms with van der Waals surface area (Å²) in [6.45, 7) is 6.72. The van der Waals surface area contributed by atoms with Crippen LogP contribution < -0.4 is 11.1 Å². The van der Waals surface area contributed by atoms with Gasteiger partial charge in [-0.25, -0.2) is 0 Å². The first-order valence-corrected chi connectivity index (χ1v) is 7.74. The molecular formula is C15H26N2O3. The SMILES string of the molecule is CC1(C)C2OCCC2C1(N)C(=O)NCCOCC1CC1. The molecule has 1 heterocycles. The lowest BCUT2D eigenvalue weighted by molar-refractivity contribution is -0.175. The monoisotopic (exact) mass is 282 g/mol. The van der Waals surface area contributed by atoms with Gasteiger partial charge in [-0.05, 0) is 25.2 Å². The zero-order valence-corrected chi connectivity index (χ0v) is 12.5. The van der Waals surface area contributed by atoms with Crippen molar-refractivity contribution >= 4 is 5.91 Å². The van der Waals surface area contributed by atoms with Crippen LogP contribution in [0.4, 0.5) is 0 Å². The lowest BCUT2D eigenvalue weighted by Gasteiger charge is -2.60. The molecule has 3 fully saturated rings. The smallest absolute Gasteiger partial charge is 0.241 e. The van der Waals surface area contributed by atoms with Crippen LogP contribution >= 0.6 is 0 Å². The number of hydrogen-bond donors (Lipinski definition) is 2. The Morgan fingerprint density at radius 1 is 1.40 bits per heavy atom. The van der Waals surface area contributed by atoms with Crippen molar-refractivity contribution in [1.82, 2.24) is 5.32 Å². The van der Waals surface area contributed by atoms with Gasteiger partial charge in [0.05, 0.1) is 12.7 Å². The summed E-state index contributed by atoms with van der Waals surface area (Å²) in [7, 11) is 0. The number of hydrogen-bond acceptors (Lipinski definition) is 4. The molecule has 3 aliphatic rings. The number of nitrogens with two attached hydrogens (primary N) is 1. The van der Waals surface area contributed by atoms with Gasteiger partial charge < -0.3 is 20.5 Å². The third kappa shape index (κ3) is 2.07. The van der Waals surface area contributed by atoms with E-state index < -0.39 is 5.54 Å². The molecule has 3 atom stereocenters. The van der Waals surface area contributed by atoms with E-state index in [-0.39, 0.29) is 23.3 Å². The largest absolute Gasteiger partial charge is 0.379 e. The summed E-state index contributed by atoms with van der Waals surface area (Å²) in [5, 5.41) is 2.94. The number of carbonyl (C=O) groups is 1. The van der Waals surface area contributed by atoms with Crippen LogP contribution in [0.15, 0.2) is 0 Å². The molecule has 114 valence electrons. The van der Waals surface area contributed by atoms with Crippen molar-refractivity contribution in [3.8, 4) is 0 Å². The second kappa shape index (κ2) is 4.97. The first-order valence-electron chi connectivity index (χ1n) is 7.74. The van der Waals surface area contributed by atoms with Crippen LogP contribution in [0, 0.1) is 17.3 Å². The van der Waals surface area contributed by atoms with Gasteiger partial charge in [-0.1, -0.05) is 13.8 Å². The molecule has 5 heteroatoms. The van der Waals surface area contributed by atoms with Crippen molar-refractivity contribution < 1.29 is 14.3 Å². The highest BCUT2D eigenvalue weighted by Crippen LogP contribution is 2.58. The summed E-state index contributed by atoms with van der Waals surface area (Å²) in [6, 6.07) is 0. The molecule has 3 N–H and O–H groups in total. The Bertz CT molecular complexity index is 395. The van der Waals surface area contributed by atoms with Crippen molar-refractivity contribution in [3.63, 3.8) is 0 Å². The van der Waals surface area contributed by atoms with Gasteiger partial charge in [0.25, 0.3) is 0 Å². The minimum Gasteiger partial charge on any atom is -0.379 e. The fourth-order valence-corrected chi connectivity index (χ4v) is 3.76. The van der Waals surface area contributed by atoms with Crippen molar-refractivity contribution in [2.45, 2.75) is 44.8 Å². The molecule has 1 aliphatic heterocycles. The van der Waals surface area contributed by atoms with Gasteiger partial charge in [-0.3, -0.25) is 4.79 Å². The first kappa shape index (κ1) is 14.3. The van der Waals surface area contributed by atoms with E-state index >= 15 is 0 Å². The van der Waals surface area contributed by atoms with Gasteiger partial charge in [-0.15, -0.1) is 0 Å². The van der Waals surface area contributed by atoms with Crippen LogP contribution in [-0.2, 0) is 14.3 Å². The Balaban J connectivity index is 1.48. The topological polar surface area (TPSA) is 73.6 Å². The maximum absolute atomic E-state index is 12.5. The molecule has 0 aromatic carbocycles. The molecule has 0 radical (unpaired) electrons. The van der Waals surface area contributed by atoms with E-state index in [1.165, 1.54) is 12.8 Å². The molecule has 3 unspecified atom stereocenters. The van der Waals surface area contributed by atoms with Gasteiger partial charge in [0.15, 0.2) is 0 Å². The van der Waals surface area contributed by atoms with Crippen LogP contribution in [0.5, 0.6) is 0 Å². The van der Waals surface area contributed by atoms with Crippen molar-refractivity contribution in [2.24, 2.45) is 23.0 Å². The molecule has 2 aliphatic carbocycles. The molecular weight excluding hydrogens is 256 g/mol. The van der Waals surface area contributed by atoms with Crippen LogP contribution in [0.25, 0.3) is 0 Å². The lowest BCUT2D eigenvalue weighted by Crippen LogP contribution is -2.80. The number of fused-ring (bicyclic) bond motifs is 1. The molecule has 3 rings (SSSR count). The molecule has 0 aromatic heterocycles. The van der Waals surface area contributed by atoms with Gasteiger partial charge in [0.2, 0.25) is 5.91 Å². The van der Waals surface area contributed by atoms with Crippen molar-refractivity contribution in [2.75, 3.05) is 26.4 Å². The van der Waals surface area contributed by atoms with E-state index in [1.807, 2.05) is 13.8 Å². The summed E-state index contributed by atoms with van der Waals surface area (Å²) in [6.07, 6.45) is 3.59. The highest BCUT2D eigenvalue weighted by atomic mass is 16.5. The molecule has 0 bridgehead atoms. The van der Waals surface area contributed by atoms with Crippen LogP contribution in [-0.4, -0.2) is 43.9 Å². The second-order valence-electron chi connectivity index (χ2n) is 7.05. The van der Waals surface area contributed by atoms with Gasteiger partial charge >= 0.3 is 0 Å². The molecule has 2 saturated carbocycles. The predicted octanol–water partition coefficient (Wildman–Crippen LogP) is 0.672. The zero-order chi connectivity index (χ0) is 14.4. The molecule has 20 heavy (non-hydrogen) atoms. The number of amides is 1. The Labute approximate surface area is 120 Å². The van der Waals surface area contributed by atoms with Gasteiger partial charge in [0, 0.05) is 31.1 Å². The summed E-state index contributed by atoms with van der Waals surface area (Å²) in [5.41, 5.74) is 5.35. The minimum absolute atomic E-state index is 0.0516. The van der Waals surface area contributed by atoms with Crippen molar-refractivity contribution in [3.05, 3.63) is 0 Å². The van der Waals surface area contributed by atoms with E-state index in [2.05, 4.69) is 5.32 Å². The van der Waals surface area contributed by atoms with E-state index in [1.54, 1.807) is 0 Å². The number of ether oxygens (including phenoxy) is 2. The summed E-state index contributed by atoms with van der Waals surface area (Å²) in [5.74, 6) is 0.864. The maximum Gasteiger partial charge on any atom is 0.241 e. The molecule has 0 aromatic rings. The second-order valence-corrected chi connectivity index (χ2v) is 7.05. The van der Waals surface area contributed by atoms with Crippen LogP contribution in [0.1, 0.15) is 33.1 Å². The standard InChI is InChI=1S/C15H26N2O3/c1-14(2)12-11(5-7-20-12)15(14,16)13(18)17-6-8-19-9-10-3-4-10/h10-12H,3-9,16H2,1-2H3,(H,17,18). The fourth-order valence-electron chi connectivity index (χ4n) is 3.76. The van der Waals surface area contributed by atoms with Crippen molar-refractivity contribution in [1.29, 1.82) is 0 Å². The van der Waals surface area contributed by atoms with E-state index in [0.29, 0.717) is 13.2 Å². The minimum atomic E-state index is -0.801. The average Bonchev–Trinajstić information content (AvgIpc) is 3.11. The average molecular weight is 282 g/mol. The molecule has 1 amide bonds. The normalized spacial score (nSPS) is 38.1. The predicted molar refractivity (Wildman–Crippen MR) is 75.1 cm³/mol. The van der Waals surface area contributed by atoms with E-state index in [0.717, 1.165) is 25.6 Å². The Morgan fingerprint density at radius 2 is 2.15 bits per heavy atom. The summed E-state index contributed by atoms with van der Waals surface area (Å²) >= 11 is 0. The maximum atomic E-state index is 12.5. The highest BCUT2D eigenvalue weighted by molar-refractivity contribution is 5.89. The zero-order valence-electron chi connectivity index (χ0n) is 12.5. The Morgan fingerprint density at radius 3 is 2.85 bits per heavy atom. The first-order chi connectivity index (χ1) is 9.48. The van der Waals surface area contributed by atoms with Gasteiger partial charge in [-0.2, -0.15) is 0 Å². The molecule has 1 saturated heterocycles. The molecule has 0 spiro atoms. The fraction of sp³-hybridized carbons (Fsp3) is 0.933. The summed E-state index contributed by atoms with van der Waals surface area (Å²) < 4.78 is 11.2. The Kier molecular flexibility index (Phi) is 3.55. The number of rotatable bonds is 6. The Hall–Kier alpha value is -0.650. The number of carbonyl (C=O) groups excluding carboxylic acids is 1.